The van der Waals surface area contributed by atoms with E-state index in [1.165, 1.54) is 25.8 Å². The van der Waals surface area contributed by atoms with Crippen molar-refractivity contribution in [2.24, 2.45) is 11.8 Å². The van der Waals surface area contributed by atoms with Crippen molar-refractivity contribution in [1.29, 1.82) is 0 Å². The molecule has 0 spiro atoms. The minimum Gasteiger partial charge on any atom is -0.314 e. The van der Waals surface area contributed by atoms with Crippen LogP contribution in [0.5, 0.6) is 0 Å². The van der Waals surface area contributed by atoms with E-state index in [1.54, 1.807) is 0 Å². The molecule has 1 aliphatic rings. The summed E-state index contributed by atoms with van der Waals surface area (Å²) in [7, 11) is 0. The van der Waals surface area contributed by atoms with Gasteiger partial charge in [0.1, 0.15) is 0 Å². The highest BCUT2D eigenvalue weighted by Gasteiger charge is 2.18. The van der Waals surface area contributed by atoms with Gasteiger partial charge in [-0.2, -0.15) is 0 Å². The van der Waals surface area contributed by atoms with Crippen molar-refractivity contribution >= 4 is 12.4 Å². The van der Waals surface area contributed by atoms with Crippen molar-refractivity contribution in [2.45, 2.75) is 46.1 Å². The second-order valence-electron chi connectivity index (χ2n) is 4.55. The Kier molecular flexibility index (Phi) is 7.30. The first-order valence-electron chi connectivity index (χ1n) is 5.60. The van der Waals surface area contributed by atoms with Crippen molar-refractivity contribution in [3.63, 3.8) is 0 Å². The van der Waals surface area contributed by atoms with Gasteiger partial charge in [-0.05, 0) is 44.6 Å². The van der Waals surface area contributed by atoms with E-state index in [0.717, 1.165) is 5.92 Å². The van der Waals surface area contributed by atoms with Crippen LogP contribution < -0.4 is 5.32 Å². The maximum atomic E-state index is 3.54. The minimum absolute atomic E-state index is 0. The van der Waals surface area contributed by atoms with Crippen LogP contribution in [0.25, 0.3) is 0 Å². The van der Waals surface area contributed by atoms with Crippen LogP contribution >= 0.6 is 12.4 Å². The van der Waals surface area contributed by atoms with Crippen molar-refractivity contribution in [2.75, 3.05) is 6.54 Å². The standard InChI is InChI=1S/C12H23N.ClH/c1-10(2)6-4-7-12-8-5-9-13-11(12)3;/h4,6,10-13H,5,7-9H2,1-3H3;1H. The summed E-state index contributed by atoms with van der Waals surface area (Å²) >= 11 is 0. The van der Waals surface area contributed by atoms with Crippen LogP contribution in [0.15, 0.2) is 12.2 Å². The fraction of sp³-hybridized carbons (Fsp3) is 0.833. The molecule has 0 amide bonds. The Hall–Kier alpha value is -0.0100. The molecule has 1 heterocycles. The SMILES string of the molecule is CC(C)C=CCC1CCCNC1C.Cl. The third kappa shape index (κ3) is 5.02. The maximum Gasteiger partial charge on any atom is 0.00699 e. The second-order valence-corrected chi connectivity index (χ2v) is 4.55. The molecule has 2 unspecified atom stereocenters. The Morgan fingerprint density at radius 1 is 1.43 bits per heavy atom. The van der Waals surface area contributed by atoms with Crippen LogP contribution in [-0.2, 0) is 0 Å². The number of allylic oxidation sites excluding steroid dienone is 2. The quantitative estimate of drug-likeness (QED) is 0.715. The first-order chi connectivity index (χ1) is 6.20. The van der Waals surface area contributed by atoms with Crippen molar-refractivity contribution in [3.05, 3.63) is 12.2 Å². The lowest BCUT2D eigenvalue weighted by Crippen LogP contribution is -2.38. The van der Waals surface area contributed by atoms with Gasteiger partial charge < -0.3 is 5.32 Å². The molecule has 0 aromatic rings. The van der Waals surface area contributed by atoms with Gasteiger partial charge in [0, 0.05) is 6.04 Å². The van der Waals surface area contributed by atoms with Gasteiger partial charge in [-0.1, -0.05) is 26.0 Å². The van der Waals surface area contributed by atoms with E-state index in [4.69, 9.17) is 0 Å². The Bertz CT molecular complexity index is 166. The summed E-state index contributed by atoms with van der Waals surface area (Å²) in [4.78, 5) is 0. The zero-order valence-electron chi connectivity index (χ0n) is 9.62. The highest BCUT2D eigenvalue weighted by atomic mass is 35.5. The van der Waals surface area contributed by atoms with Crippen LogP contribution in [-0.4, -0.2) is 12.6 Å². The van der Waals surface area contributed by atoms with E-state index in [1.807, 2.05) is 0 Å². The molecule has 0 aromatic heterocycles. The number of nitrogens with one attached hydrogen (secondary N) is 1. The van der Waals surface area contributed by atoms with E-state index in [9.17, 15) is 0 Å². The maximum absolute atomic E-state index is 3.54. The van der Waals surface area contributed by atoms with Crippen molar-refractivity contribution < 1.29 is 0 Å². The van der Waals surface area contributed by atoms with Gasteiger partial charge in [-0.3, -0.25) is 0 Å². The van der Waals surface area contributed by atoms with E-state index in [2.05, 4.69) is 38.2 Å². The van der Waals surface area contributed by atoms with Crippen molar-refractivity contribution in [1.82, 2.24) is 5.32 Å². The molecule has 1 fully saturated rings. The van der Waals surface area contributed by atoms with E-state index < -0.39 is 0 Å². The topological polar surface area (TPSA) is 12.0 Å². The molecular formula is C12H24ClN. The van der Waals surface area contributed by atoms with Gasteiger partial charge in [-0.15, -0.1) is 12.4 Å². The Balaban J connectivity index is 0.00000169. The third-order valence-electron chi connectivity index (χ3n) is 2.88. The van der Waals surface area contributed by atoms with Crippen LogP contribution in [0.3, 0.4) is 0 Å². The Labute approximate surface area is 94.8 Å². The van der Waals surface area contributed by atoms with E-state index in [0.29, 0.717) is 12.0 Å². The molecule has 2 atom stereocenters. The van der Waals surface area contributed by atoms with Gasteiger partial charge in [0.2, 0.25) is 0 Å². The zero-order valence-corrected chi connectivity index (χ0v) is 10.4. The summed E-state index contributed by atoms with van der Waals surface area (Å²) in [5.74, 6) is 1.57. The molecule has 0 saturated carbocycles. The van der Waals surface area contributed by atoms with Gasteiger partial charge in [0.25, 0.3) is 0 Å². The third-order valence-corrected chi connectivity index (χ3v) is 2.88. The molecule has 0 bridgehead atoms. The lowest BCUT2D eigenvalue weighted by molar-refractivity contribution is 0.298. The normalized spacial score (nSPS) is 28.0. The number of piperidine rings is 1. The molecule has 1 nitrogen and oxygen atoms in total. The van der Waals surface area contributed by atoms with Gasteiger partial charge in [-0.25, -0.2) is 0 Å². The molecule has 0 aromatic carbocycles. The minimum atomic E-state index is 0. The second kappa shape index (κ2) is 7.30. The predicted molar refractivity (Wildman–Crippen MR) is 66.0 cm³/mol. The first-order valence-corrected chi connectivity index (χ1v) is 5.60. The highest BCUT2D eigenvalue weighted by molar-refractivity contribution is 5.85. The van der Waals surface area contributed by atoms with Crippen LogP contribution in [0.2, 0.25) is 0 Å². The molecule has 1 N–H and O–H groups in total. The largest absolute Gasteiger partial charge is 0.314 e. The average molecular weight is 218 g/mol. The lowest BCUT2D eigenvalue weighted by Gasteiger charge is -2.29. The Morgan fingerprint density at radius 3 is 2.71 bits per heavy atom. The highest BCUT2D eigenvalue weighted by Crippen LogP contribution is 2.20. The molecular weight excluding hydrogens is 194 g/mol. The van der Waals surface area contributed by atoms with Crippen LogP contribution in [0.4, 0.5) is 0 Å². The first kappa shape index (κ1) is 14.0. The lowest BCUT2D eigenvalue weighted by atomic mass is 9.89. The molecule has 0 radical (unpaired) electrons. The van der Waals surface area contributed by atoms with E-state index >= 15 is 0 Å². The summed E-state index contributed by atoms with van der Waals surface area (Å²) in [5, 5.41) is 3.54. The molecule has 14 heavy (non-hydrogen) atoms. The summed E-state index contributed by atoms with van der Waals surface area (Å²) in [5.41, 5.74) is 0. The molecule has 84 valence electrons. The molecule has 1 aliphatic heterocycles. The molecule has 1 saturated heterocycles. The van der Waals surface area contributed by atoms with E-state index in [-0.39, 0.29) is 12.4 Å². The fourth-order valence-corrected chi connectivity index (χ4v) is 1.96. The van der Waals surface area contributed by atoms with Gasteiger partial charge in [0.05, 0.1) is 0 Å². The summed E-state index contributed by atoms with van der Waals surface area (Å²) in [6.07, 6.45) is 8.69. The van der Waals surface area contributed by atoms with Crippen LogP contribution in [0, 0.1) is 11.8 Å². The summed E-state index contributed by atoms with van der Waals surface area (Å²) in [6, 6.07) is 0.713. The predicted octanol–water partition coefficient (Wildman–Crippen LogP) is 3.40. The number of hydrogen-bond acceptors (Lipinski definition) is 1. The fourth-order valence-electron chi connectivity index (χ4n) is 1.96. The monoisotopic (exact) mass is 217 g/mol. The number of rotatable bonds is 3. The smallest absolute Gasteiger partial charge is 0.00699 e. The van der Waals surface area contributed by atoms with Gasteiger partial charge in [0.15, 0.2) is 0 Å². The average Bonchev–Trinajstić information content (AvgIpc) is 2.08. The summed E-state index contributed by atoms with van der Waals surface area (Å²) < 4.78 is 0. The van der Waals surface area contributed by atoms with Gasteiger partial charge >= 0.3 is 0 Å². The molecule has 1 rings (SSSR count). The molecule has 2 heteroatoms. The van der Waals surface area contributed by atoms with Crippen molar-refractivity contribution in [3.8, 4) is 0 Å². The zero-order chi connectivity index (χ0) is 9.68. The van der Waals surface area contributed by atoms with Crippen LogP contribution in [0.1, 0.15) is 40.0 Å². The Morgan fingerprint density at radius 2 is 2.14 bits per heavy atom. The summed E-state index contributed by atoms with van der Waals surface area (Å²) in [6.45, 7) is 8.00. The molecule has 0 aliphatic carbocycles. The number of halogens is 1. The number of hydrogen-bond donors (Lipinski definition) is 1.